The third-order valence-electron chi connectivity index (χ3n) is 3.69. The van der Waals surface area contributed by atoms with Crippen LogP contribution in [0.5, 0.6) is 5.75 Å². The Morgan fingerprint density at radius 1 is 1.18 bits per heavy atom. The summed E-state index contributed by atoms with van der Waals surface area (Å²) in [4.78, 5) is 6.69. The summed E-state index contributed by atoms with van der Waals surface area (Å²) < 4.78 is 11.6. The highest BCUT2D eigenvalue weighted by Gasteiger charge is 2.22. The summed E-state index contributed by atoms with van der Waals surface area (Å²) in [5.74, 6) is 1.44. The quantitative estimate of drug-likeness (QED) is 0.916. The molecule has 0 spiro atoms. The highest BCUT2D eigenvalue weighted by atomic mass is 16.5. The van der Waals surface area contributed by atoms with Crippen LogP contribution >= 0.6 is 0 Å². The molecule has 1 aromatic carbocycles. The average Bonchev–Trinajstić information content (AvgIpc) is 2.56. The Morgan fingerprint density at radius 2 is 2.05 bits per heavy atom. The zero-order chi connectivity index (χ0) is 15.2. The van der Waals surface area contributed by atoms with Crippen LogP contribution in [0.1, 0.15) is 11.8 Å². The van der Waals surface area contributed by atoms with Gasteiger partial charge in [0, 0.05) is 19.6 Å². The zero-order valence-corrected chi connectivity index (χ0v) is 12.5. The molecule has 2 N–H and O–H groups in total. The van der Waals surface area contributed by atoms with E-state index in [0.29, 0.717) is 19.0 Å². The van der Waals surface area contributed by atoms with Gasteiger partial charge in [-0.2, -0.15) is 0 Å². The molecule has 0 saturated carbocycles. The number of para-hydroxylation sites is 1. The number of nitrogens with zero attached hydrogens (tertiary/aromatic N) is 2. The zero-order valence-electron chi connectivity index (χ0n) is 12.5. The first-order valence-corrected chi connectivity index (χ1v) is 7.55. The van der Waals surface area contributed by atoms with Crippen LogP contribution in [-0.4, -0.2) is 42.7 Å². The van der Waals surface area contributed by atoms with Crippen molar-refractivity contribution in [1.82, 2.24) is 9.88 Å². The van der Waals surface area contributed by atoms with Gasteiger partial charge in [-0.1, -0.05) is 24.3 Å². The fourth-order valence-corrected chi connectivity index (χ4v) is 2.54. The van der Waals surface area contributed by atoms with E-state index in [9.17, 15) is 0 Å². The number of anilines is 1. The van der Waals surface area contributed by atoms with Crippen LogP contribution in [0.15, 0.2) is 48.5 Å². The van der Waals surface area contributed by atoms with Gasteiger partial charge in [0.05, 0.1) is 12.3 Å². The van der Waals surface area contributed by atoms with E-state index in [1.54, 1.807) is 6.07 Å². The van der Waals surface area contributed by atoms with Gasteiger partial charge < -0.3 is 15.2 Å². The Balaban J connectivity index is 1.50. The second-order valence-corrected chi connectivity index (χ2v) is 5.31. The average molecular weight is 299 g/mol. The first-order chi connectivity index (χ1) is 10.8. The summed E-state index contributed by atoms with van der Waals surface area (Å²) in [6, 6.07) is 15.5. The van der Waals surface area contributed by atoms with Crippen molar-refractivity contribution in [3.05, 3.63) is 54.2 Å². The summed E-state index contributed by atoms with van der Waals surface area (Å²) in [5, 5.41) is 0. The van der Waals surface area contributed by atoms with E-state index < -0.39 is 0 Å². The minimum absolute atomic E-state index is 0.0195. The van der Waals surface area contributed by atoms with Crippen molar-refractivity contribution >= 4 is 5.82 Å². The maximum atomic E-state index is 5.81. The first-order valence-electron chi connectivity index (χ1n) is 7.55. The van der Waals surface area contributed by atoms with Crippen LogP contribution < -0.4 is 10.5 Å². The van der Waals surface area contributed by atoms with Crippen LogP contribution in [0.4, 0.5) is 5.82 Å². The molecular formula is C17H21N3O2. The van der Waals surface area contributed by atoms with Gasteiger partial charge >= 0.3 is 0 Å². The fourth-order valence-electron chi connectivity index (χ4n) is 2.54. The first kappa shape index (κ1) is 14.8. The van der Waals surface area contributed by atoms with E-state index in [1.807, 2.05) is 42.5 Å². The molecule has 2 heterocycles. The number of aromatic nitrogens is 1. The summed E-state index contributed by atoms with van der Waals surface area (Å²) in [5.41, 5.74) is 6.64. The van der Waals surface area contributed by atoms with E-state index in [0.717, 1.165) is 31.1 Å². The van der Waals surface area contributed by atoms with Crippen LogP contribution in [-0.2, 0) is 4.74 Å². The smallest absolute Gasteiger partial charge is 0.123 e. The Labute approximate surface area is 130 Å². The standard InChI is InChI=1S/C17H21N3O2/c18-17-8-4-7-15(19-17)16-13-20(10-12-22-16)9-11-21-14-5-2-1-3-6-14/h1-8,16H,9-13H2,(H2,18,19)/t16-/m0/s1. The molecule has 1 fully saturated rings. The number of nitrogens with two attached hydrogens (primary N) is 1. The summed E-state index contributed by atoms with van der Waals surface area (Å²) in [6.07, 6.45) is -0.0195. The molecule has 2 aromatic rings. The lowest BCUT2D eigenvalue weighted by Gasteiger charge is -2.32. The minimum atomic E-state index is -0.0195. The highest BCUT2D eigenvalue weighted by Crippen LogP contribution is 2.21. The van der Waals surface area contributed by atoms with Crippen molar-refractivity contribution in [2.45, 2.75) is 6.10 Å². The predicted octanol–water partition coefficient (Wildman–Crippen LogP) is 2.12. The van der Waals surface area contributed by atoms with Gasteiger partial charge in [0.25, 0.3) is 0 Å². The number of rotatable bonds is 5. The number of ether oxygens (including phenoxy) is 2. The molecule has 1 aromatic heterocycles. The lowest BCUT2D eigenvalue weighted by atomic mass is 10.2. The van der Waals surface area contributed by atoms with Gasteiger partial charge in [-0.25, -0.2) is 4.98 Å². The van der Waals surface area contributed by atoms with E-state index in [-0.39, 0.29) is 6.10 Å². The fraction of sp³-hybridized carbons (Fsp3) is 0.353. The molecule has 3 rings (SSSR count). The van der Waals surface area contributed by atoms with Crippen molar-refractivity contribution in [2.75, 3.05) is 38.6 Å². The van der Waals surface area contributed by atoms with Crippen molar-refractivity contribution in [1.29, 1.82) is 0 Å². The molecule has 0 unspecified atom stereocenters. The van der Waals surface area contributed by atoms with Crippen molar-refractivity contribution in [3.63, 3.8) is 0 Å². The third kappa shape index (κ3) is 3.96. The van der Waals surface area contributed by atoms with E-state index >= 15 is 0 Å². The minimum Gasteiger partial charge on any atom is -0.492 e. The summed E-state index contributed by atoms with van der Waals surface area (Å²) >= 11 is 0. The molecular weight excluding hydrogens is 278 g/mol. The SMILES string of the molecule is Nc1cccc([C@@H]2CN(CCOc3ccccc3)CCO2)n1. The molecule has 116 valence electrons. The number of benzene rings is 1. The van der Waals surface area contributed by atoms with E-state index in [4.69, 9.17) is 15.2 Å². The lowest BCUT2D eigenvalue weighted by Crippen LogP contribution is -2.40. The third-order valence-corrected chi connectivity index (χ3v) is 3.69. The number of hydrogen-bond donors (Lipinski definition) is 1. The van der Waals surface area contributed by atoms with Gasteiger partial charge in [0.15, 0.2) is 0 Å². The number of hydrogen-bond acceptors (Lipinski definition) is 5. The number of nitrogen functional groups attached to an aromatic ring is 1. The topological polar surface area (TPSA) is 60.6 Å². The molecule has 1 atom stereocenters. The van der Waals surface area contributed by atoms with E-state index in [2.05, 4.69) is 9.88 Å². The van der Waals surface area contributed by atoms with E-state index in [1.165, 1.54) is 0 Å². The molecule has 5 heteroatoms. The second-order valence-electron chi connectivity index (χ2n) is 5.31. The van der Waals surface area contributed by atoms with Crippen molar-refractivity contribution in [2.24, 2.45) is 0 Å². The summed E-state index contributed by atoms with van der Waals surface area (Å²) in [6.45, 7) is 3.97. The maximum Gasteiger partial charge on any atom is 0.123 e. The molecule has 0 aliphatic carbocycles. The molecule has 0 bridgehead atoms. The second kappa shape index (κ2) is 7.24. The van der Waals surface area contributed by atoms with Gasteiger partial charge in [0.1, 0.15) is 24.3 Å². The monoisotopic (exact) mass is 299 g/mol. The molecule has 1 aliphatic heterocycles. The van der Waals surface area contributed by atoms with Gasteiger partial charge in [0.2, 0.25) is 0 Å². The highest BCUT2D eigenvalue weighted by molar-refractivity contribution is 5.29. The van der Waals surface area contributed by atoms with Crippen LogP contribution in [0.3, 0.4) is 0 Å². The number of pyridine rings is 1. The van der Waals surface area contributed by atoms with Crippen LogP contribution in [0, 0.1) is 0 Å². The largest absolute Gasteiger partial charge is 0.492 e. The summed E-state index contributed by atoms with van der Waals surface area (Å²) in [7, 11) is 0. The molecule has 5 nitrogen and oxygen atoms in total. The van der Waals surface area contributed by atoms with Gasteiger partial charge in [-0.15, -0.1) is 0 Å². The predicted molar refractivity (Wildman–Crippen MR) is 85.7 cm³/mol. The Kier molecular flexibility index (Phi) is 4.88. The number of morpholine rings is 1. The van der Waals surface area contributed by atoms with Gasteiger partial charge in [-0.3, -0.25) is 4.90 Å². The van der Waals surface area contributed by atoms with Gasteiger partial charge in [-0.05, 0) is 24.3 Å². The van der Waals surface area contributed by atoms with Crippen LogP contribution in [0.25, 0.3) is 0 Å². The van der Waals surface area contributed by atoms with Crippen molar-refractivity contribution < 1.29 is 9.47 Å². The van der Waals surface area contributed by atoms with Crippen molar-refractivity contribution in [3.8, 4) is 5.75 Å². The normalized spacial score (nSPS) is 19.0. The Bertz CT molecular complexity index is 591. The van der Waals surface area contributed by atoms with Crippen LogP contribution in [0.2, 0.25) is 0 Å². The Hall–Kier alpha value is -2.11. The Morgan fingerprint density at radius 3 is 2.86 bits per heavy atom. The maximum absolute atomic E-state index is 5.81. The molecule has 1 saturated heterocycles. The molecule has 0 amide bonds. The lowest BCUT2D eigenvalue weighted by molar-refractivity contribution is -0.0348. The molecule has 1 aliphatic rings. The molecule has 22 heavy (non-hydrogen) atoms. The molecule has 0 radical (unpaired) electrons.